The minimum absolute atomic E-state index is 0.00159. The molecule has 1 aliphatic heterocycles. The van der Waals surface area contributed by atoms with Gasteiger partial charge < -0.3 is 10.2 Å². The van der Waals surface area contributed by atoms with E-state index in [0.29, 0.717) is 0 Å². The van der Waals surface area contributed by atoms with Gasteiger partial charge in [0.2, 0.25) is 0 Å². The van der Waals surface area contributed by atoms with E-state index in [1.807, 2.05) is 24.4 Å². The molecule has 0 unspecified atom stereocenters. The Labute approximate surface area is 179 Å². The van der Waals surface area contributed by atoms with Gasteiger partial charge >= 0.3 is 0 Å². The number of fused-ring (bicyclic) bond motifs is 1. The summed E-state index contributed by atoms with van der Waals surface area (Å²) < 4.78 is 3.39. The van der Waals surface area contributed by atoms with Crippen LogP contribution in [0.15, 0.2) is 67.0 Å². The van der Waals surface area contributed by atoms with Gasteiger partial charge in [0, 0.05) is 18.9 Å². The molecule has 0 radical (unpaired) electrons. The molecule has 1 aromatic carbocycles. The van der Waals surface area contributed by atoms with Gasteiger partial charge in [0.1, 0.15) is 0 Å². The highest BCUT2D eigenvalue weighted by atomic mass is 32.1. The molecule has 146 valence electrons. The number of aromatic nitrogens is 3. The summed E-state index contributed by atoms with van der Waals surface area (Å²) in [5, 5.41) is 5.27. The molecule has 1 fully saturated rings. The molecule has 29 heavy (non-hydrogen) atoms. The molecular weight excluding hydrogens is 398 g/mol. The minimum Gasteiger partial charge on any atom is -0.352 e. The standard InChI is InChI=1S/C22H21N5S2/c1-2-13-27-20(19(25-21(27)28)16-9-5-6-12-23-16)17-10-7-14-26(17)22-24-15-8-3-4-11-18(15)29-22/h3-12,14,19-20H,2,13H2,1H3,(H,25,28)/t19-,20-/m1/s1. The predicted octanol–water partition coefficient (Wildman–Crippen LogP) is 4.86. The number of thiocarbonyl (C=S) groups is 1. The fourth-order valence-corrected chi connectivity index (χ4v) is 5.28. The van der Waals surface area contributed by atoms with Crippen molar-refractivity contribution in [3.8, 4) is 5.13 Å². The Bertz CT molecular complexity index is 1120. The van der Waals surface area contributed by atoms with Gasteiger partial charge in [-0.2, -0.15) is 0 Å². The Kier molecular flexibility index (Phi) is 4.77. The monoisotopic (exact) mass is 419 g/mol. The number of para-hydroxylation sites is 1. The van der Waals surface area contributed by atoms with Crippen molar-refractivity contribution in [1.82, 2.24) is 24.8 Å². The van der Waals surface area contributed by atoms with E-state index in [-0.39, 0.29) is 12.1 Å². The summed E-state index contributed by atoms with van der Waals surface area (Å²) in [7, 11) is 0. The molecule has 0 bridgehead atoms. The fraction of sp³-hybridized carbons (Fsp3) is 0.227. The Balaban J connectivity index is 1.62. The van der Waals surface area contributed by atoms with Gasteiger partial charge in [0.05, 0.1) is 33.7 Å². The van der Waals surface area contributed by atoms with Crippen molar-refractivity contribution < 1.29 is 0 Å². The molecule has 0 spiro atoms. The second kappa shape index (κ2) is 7.57. The third-order valence-electron chi connectivity index (χ3n) is 5.23. The number of benzene rings is 1. The summed E-state index contributed by atoms with van der Waals surface area (Å²) >= 11 is 7.42. The van der Waals surface area contributed by atoms with Crippen LogP contribution in [0.1, 0.15) is 36.8 Å². The zero-order valence-corrected chi connectivity index (χ0v) is 17.7. The topological polar surface area (TPSA) is 46.0 Å². The van der Waals surface area contributed by atoms with Crippen LogP contribution in [-0.4, -0.2) is 31.1 Å². The lowest BCUT2D eigenvalue weighted by Crippen LogP contribution is -2.31. The summed E-state index contributed by atoms with van der Waals surface area (Å²) in [6.07, 6.45) is 4.95. The van der Waals surface area contributed by atoms with Crippen LogP contribution in [0, 0.1) is 0 Å². The first-order valence-electron chi connectivity index (χ1n) is 9.77. The maximum atomic E-state index is 5.71. The average Bonchev–Trinajstić information content (AvgIpc) is 3.46. The summed E-state index contributed by atoms with van der Waals surface area (Å²) in [5.41, 5.74) is 3.19. The van der Waals surface area contributed by atoms with Crippen LogP contribution < -0.4 is 5.32 Å². The largest absolute Gasteiger partial charge is 0.352 e. The van der Waals surface area contributed by atoms with Crippen molar-refractivity contribution in [2.75, 3.05) is 6.54 Å². The third-order valence-corrected chi connectivity index (χ3v) is 6.62. The first-order chi connectivity index (χ1) is 14.3. The molecule has 5 rings (SSSR count). The number of nitrogens with zero attached hydrogens (tertiary/aromatic N) is 4. The normalized spacial score (nSPS) is 19.1. The zero-order valence-electron chi connectivity index (χ0n) is 16.0. The Morgan fingerprint density at radius 1 is 1.10 bits per heavy atom. The van der Waals surface area contributed by atoms with Crippen LogP contribution in [0.2, 0.25) is 0 Å². The van der Waals surface area contributed by atoms with Crippen molar-refractivity contribution in [1.29, 1.82) is 0 Å². The first-order valence-corrected chi connectivity index (χ1v) is 11.0. The van der Waals surface area contributed by atoms with E-state index in [1.54, 1.807) is 11.3 Å². The zero-order chi connectivity index (χ0) is 19.8. The van der Waals surface area contributed by atoms with E-state index in [4.69, 9.17) is 17.2 Å². The molecule has 5 nitrogen and oxygen atoms in total. The summed E-state index contributed by atoms with van der Waals surface area (Å²) in [6, 6.07) is 18.6. The Morgan fingerprint density at radius 2 is 1.97 bits per heavy atom. The number of hydrogen-bond donors (Lipinski definition) is 1. The number of hydrogen-bond acceptors (Lipinski definition) is 4. The lowest BCUT2D eigenvalue weighted by Gasteiger charge is -2.28. The van der Waals surface area contributed by atoms with E-state index in [0.717, 1.165) is 34.4 Å². The van der Waals surface area contributed by atoms with Crippen molar-refractivity contribution in [2.24, 2.45) is 0 Å². The Morgan fingerprint density at radius 3 is 2.76 bits per heavy atom. The maximum absolute atomic E-state index is 5.71. The average molecular weight is 420 g/mol. The number of pyridine rings is 1. The molecule has 0 saturated carbocycles. The molecule has 2 atom stereocenters. The van der Waals surface area contributed by atoms with Crippen LogP contribution in [-0.2, 0) is 0 Å². The molecule has 1 aliphatic rings. The summed E-state index contributed by atoms with van der Waals surface area (Å²) in [5.74, 6) is 0. The van der Waals surface area contributed by atoms with Crippen LogP contribution in [0.5, 0.6) is 0 Å². The van der Waals surface area contributed by atoms with Gasteiger partial charge in [-0.1, -0.05) is 36.5 Å². The van der Waals surface area contributed by atoms with E-state index in [9.17, 15) is 0 Å². The molecule has 1 saturated heterocycles. The third kappa shape index (κ3) is 3.20. The Hall–Kier alpha value is -2.77. The van der Waals surface area contributed by atoms with Crippen LogP contribution in [0.3, 0.4) is 0 Å². The lowest BCUT2D eigenvalue weighted by atomic mass is 10.0. The lowest BCUT2D eigenvalue weighted by molar-refractivity contribution is 0.309. The van der Waals surface area contributed by atoms with Crippen LogP contribution in [0.25, 0.3) is 15.3 Å². The van der Waals surface area contributed by atoms with Gasteiger partial charge in [-0.05, 0) is 55.0 Å². The van der Waals surface area contributed by atoms with Crippen LogP contribution >= 0.6 is 23.6 Å². The molecule has 4 heterocycles. The van der Waals surface area contributed by atoms with Crippen molar-refractivity contribution in [2.45, 2.75) is 25.4 Å². The number of rotatable bonds is 5. The molecule has 3 aromatic heterocycles. The maximum Gasteiger partial charge on any atom is 0.194 e. The van der Waals surface area contributed by atoms with E-state index < -0.39 is 0 Å². The minimum atomic E-state index is -0.00159. The van der Waals surface area contributed by atoms with Crippen molar-refractivity contribution in [3.63, 3.8) is 0 Å². The van der Waals surface area contributed by atoms with Gasteiger partial charge in [-0.25, -0.2) is 4.98 Å². The van der Waals surface area contributed by atoms with Gasteiger partial charge in [0.15, 0.2) is 10.2 Å². The van der Waals surface area contributed by atoms with Crippen molar-refractivity contribution >= 4 is 38.9 Å². The summed E-state index contributed by atoms with van der Waals surface area (Å²) in [4.78, 5) is 11.8. The van der Waals surface area contributed by atoms with Crippen LogP contribution in [0.4, 0.5) is 0 Å². The smallest absolute Gasteiger partial charge is 0.194 e. The van der Waals surface area contributed by atoms with E-state index in [1.165, 1.54) is 10.4 Å². The van der Waals surface area contributed by atoms with Crippen molar-refractivity contribution in [3.05, 3.63) is 78.4 Å². The second-order valence-electron chi connectivity index (χ2n) is 7.09. The predicted molar refractivity (Wildman–Crippen MR) is 121 cm³/mol. The molecule has 4 aromatic rings. The summed E-state index contributed by atoms with van der Waals surface area (Å²) in [6.45, 7) is 3.07. The quantitative estimate of drug-likeness (QED) is 0.468. The van der Waals surface area contributed by atoms with E-state index in [2.05, 4.69) is 69.3 Å². The molecule has 1 N–H and O–H groups in total. The first kappa shape index (κ1) is 18.3. The molecule has 0 aliphatic carbocycles. The molecule has 0 amide bonds. The van der Waals surface area contributed by atoms with E-state index >= 15 is 0 Å². The SMILES string of the molecule is CCCN1C(=S)N[C@H](c2ccccn2)[C@H]1c1cccn1-c1nc2ccccc2s1. The number of thiazole rings is 1. The van der Waals surface area contributed by atoms with Gasteiger partial charge in [-0.3, -0.25) is 9.55 Å². The molecule has 7 heteroatoms. The van der Waals surface area contributed by atoms with Gasteiger partial charge in [0.25, 0.3) is 0 Å². The highest BCUT2D eigenvalue weighted by molar-refractivity contribution is 7.80. The number of nitrogens with one attached hydrogen (secondary N) is 1. The fourth-order valence-electron chi connectivity index (χ4n) is 3.98. The highest BCUT2D eigenvalue weighted by Gasteiger charge is 2.40. The van der Waals surface area contributed by atoms with Gasteiger partial charge in [-0.15, -0.1) is 0 Å². The highest BCUT2D eigenvalue weighted by Crippen LogP contribution is 2.40. The molecular formula is C22H21N5S2. The second-order valence-corrected chi connectivity index (χ2v) is 8.48.